The second-order valence-corrected chi connectivity index (χ2v) is 10.0. The highest BCUT2D eigenvalue weighted by Crippen LogP contribution is 2.24. The number of hydrogen-bond donors (Lipinski definition) is 0. The average molecular weight is 491 g/mol. The first-order valence-electron chi connectivity index (χ1n) is 8.65. The zero-order valence-corrected chi connectivity index (χ0v) is 17.5. The van der Waals surface area contributed by atoms with Crippen molar-refractivity contribution in [3.8, 4) is 16.9 Å². The number of nitrogens with zero attached hydrogens (tertiary/aromatic N) is 3. The molecule has 4 rings (SSSR count). The molecule has 138 valence electrons. The highest BCUT2D eigenvalue weighted by molar-refractivity contribution is 14.1. The summed E-state index contributed by atoms with van der Waals surface area (Å²) in [5, 5.41) is 4.76. The molecule has 0 bridgehead atoms. The maximum atomic E-state index is 11.7. The molecule has 1 aromatic heterocycles. The minimum Gasteiger partial charge on any atom is -0.288 e. The average Bonchev–Trinajstić information content (AvgIpc) is 3.24. The molecule has 1 fully saturated rings. The van der Waals surface area contributed by atoms with Gasteiger partial charge in [0.05, 0.1) is 23.2 Å². The van der Waals surface area contributed by atoms with Crippen molar-refractivity contribution in [3.05, 3.63) is 69.9 Å². The SMILES string of the molecule is O=S1(=O)CC[C@@H](N=Cc2cn(-c3ccccc3)nc2-c2ccc(I)cc2)C1. The van der Waals surface area contributed by atoms with Crippen LogP contribution in [0.2, 0.25) is 0 Å². The van der Waals surface area contributed by atoms with Crippen LogP contribution in [0.15, 0.2) is 65.8 Å². The van der Waals surface area contributed by atoms with E-state index in [1.54, 1.807) is 6.21 Å². The van der Waals surface area contributed by atoms with Crippen molar-refractivity contribution in [1.29, 1.82) is 0 Å². The van der Waals surface area contributed by atoms with Crippen LogP contribution >= 0.6 is 22.6 Å². The molecule has 27 heavy (non-hydrogen) atoms. The molecular formula is C20H18IN3O2S. The van der Waals surface area contributed by atoms with Gasteiger partial charge in [0.1, 0.15) is 5.69 Å². The summed E-state index contributed by atoms with van der Waals surface area (Å²) >= 11 is 2.28. The number of rotatable bonds is 4. The van der Waals surface area contributed by atoms with Gasteiger partial charge in [-0.1, -0.05) is 30.3 Å². The molecule has 0 unspecified atom stereocenters. The topological polar surface area (TPSA) is 64.3 Å². The summed E-state index contributed by atoms with van der Waals surface area (Å²) in [7, 11) is -2.94. The van der Waals surface area contributed by atoms with Crippen LogP contribution in [0, 0.1) is 3.57 Å². The molecule has 3 aromatic rings. The monoisotopic (exact) mass is 491 g/mol. The Hall–Kier alpha value is -2.00. The Morgan fingerprint density at radius 1 is 1.11 bits per heavy atom. The van der Waals surface area contributed by atoms with Crippen LogP contribution in [0.3, 0.4) is 0 Å². The molecule has 1 aliphatic rings. The lowest BCUT2D eigenvalue weighted by Crippen LogP contribution is -2.07. The van der Waals surface area contributed by atoms with Gasteiger partial charge in [-0.2, -0.15) is 5.10 Å². The molecule has 1 saturated heterocycles. The van der Waals surface area contributed by atoms with Gasteiger partial charge in [0.2, 0.25) is 0 Å². The molecule has 0 amide bonds. The van der Waals surface area contributed by atoms with Crippen LogP contribution in [0.5, 0.6) is 0 Å². The zero-order chi connectivity index (χ0) is 18.9. The Kier molecular flexibility index (Phi) is 5.14. The van der Waals surface area contributed by atoms with Crippen LogP contribution in [-0.4, -0.2) is 42.0 Å². The van der Waals surface area contributed by atoms with Crippen molar-refractivity contribution in [2.24, 2.45) is 4.99 Å². The van der Waals surface area contributed by atoms with Gasteiger partial charge in [0.15, 0.2) is 9.84 Å². The molecule has 0 radical (unpaired) electrons. The summed E-state index contributed by atoms with van der Waals surface area (Å²) in [4.78, 5) is 4.54. The van der Waals surface area contributed by atoms with Crippen LogP contribution in [0.25, 0.3) is 16.9 Å². The van der Waals surface area contributed by atoms with E-state index < -0.39 is 9.84 Å². The van der Waals surface area contributed by atoms with Crippen molar-refractivity contribution >= 4 is 38.6 Å². The maximum absolute atomic E-state index is 11.7. The Morgan fingerprint density at radius 3 is 2.52 bits per heavy atom. The van der Waals surface area contributed by atoms with Crippen molar-refractivity contribution in [2.75, 3.05) is 11.5 Å². The minimum absolute atomic E-state index is 0.134. The smallest absolute Gasteiger partial charge is 0.152 e. The van der Waals surface area contributed by atoms with Crippen molar-refractivity contribution in [1.82, 2.24) is 9.78 Å². The summed E-state index contributed by atoms with van der Waals surface area (Å²) in [6.45, 7) is 0. The Labute approximate surface area is 172 Å². The van der Waals surface area contributed by atoms with E-state index in [0.717, 1.165) is 26.1 Å². The van der Waals surface area contributed by atoms with Crippen molar-refractivity contribution < 1.29 is 8.42 Å². The molecular weight excluding hydrogens is 473 g/mol. The Morgan fingerprint density at radius 2 is 1.85 bits per heavy atom. The van der Waals surface area contributed by atoms with Gasteiger partial charge in [-0.15, -0.1) is 0 Å². The molecule has 0 saturated carbocycles. The van der Waals surface area contributed by atoms with Gasteiger partial charge in [-0.05, 0) is 53.3 Å². The van der Waals surface area contributed by atoms with Crippen LogP contribution in [-0.2, 0) is 9.84 Å². The lowest BCUT2D eigenvalue weighted by molar-refractivity contribution is 0.601. The molecule has 2 aromatic carbocycles. The Balaban J connectivity index is 1.72. The second-order valence-electron chi connectivity index (χ2n) is 6.56. The molecule has 2 heterocycles. The normalized spacial score (nSPS) is 18.9. The van der Waals surface area contributed by atoms with Gasteiger partial charge >= 0.3 is 0 Å². The highest BCUT2D eigenvalue weighted by Gasteiger charge is 2.27. The number of aliphatic imine (C=N–C) groups is 1. The fourth-order valence-electron chi connectivity index (χ4n) is 3.11. The first kappa shape index (κ1) is 18.4. The number of hydrogen-bond acceptors (Lipinski definition) is 4. The first-order chi connectivity index (χ1) is 13.0. The lowest BCUT2D eigenvalue weighted by atomic mass is 10.1. The summed E-state index contributed by atoms with van der Waals surface area (Å²) in [6, 6.07) is 17.9. The van der Waals surface area contributed by atoms with Gasteiger partial charge in [0.25, 0.3) is 0 Å². The lowest BCUT2D eigenvalue weighted by Gasteiger charge is -2.01. The molecule has 1 atom stereocenters. The van der Waals surface area contributed by atoms with Crippen molar-refractivity contribution in [3.63, 3.8) is 0 Å². The fourth-order valence-corrected chi connectivity index (χ4v) is 5.10. The van der Waals surface area contributed by atoms with Gasteiger partial charge in [-0.25, -0.2) is 13.1 Å². The summed E-state index contributed by atoms with van der Waals surface area (Å²) in [6.07, 6.45) is 4.30. The summed E-state index contributed by atoms with van der Waals surface area (Å²) < 4.78 is 26.3. The minimum atomic E-state index is -2.94. The third-order valence-corrected chi connectivity index (χ3v) is 6.98. The van der Waals surface area contributed by atoms with E-state index in [9.17, 15) is 8.42 Å². The van der Waals surface area contributed by atoms with Gasteiger partial charge in [0, 0.05) is 27.1 Å². The largest absolute Gasteiger partial charge is 0.288 e. The summed E-state index contributed by atoms with van der Waals surface area (Å²) in [5.74, 6) is 0.359. The van der Waals surface area contributed by atoms with E-state index in [1.807, 2.05) is 65.5 Å². The van der Waals surface area contributed by atoms with Crippen molar-refractivity contribution in [2.45, 2.75) is 12.5 Å². The van der Waals surface area contributed by atoms with Gasteiger partial charge < -0.3 is 0 Å². The number of sulfone groups is 1. The second kappa shape index (κ2) is 7.55. The number of aromatic nitrogens is 2. The van der Waals surface area contributed by atoms with E-state index >= 15 is 0 Å². The predicted octanol–water partition coefficient (Wildman–Crippen LogP) is 3.75. The third-order valence-electron chi connectivity index (χ3n) is 4.51. The third kappa shape index (κ3) is 4.30. The number of halogens is 1. The number of benzene rings is 2. The Bertz CT molecular complexity index is 1070. The predicted molar refractivity (Wildman–Crippen MR) is 116 cm³/mol. The quantitative estimate of drug-likeness (QED) is 0.413. The van der Waals surface area contributed by atoms with E-state index in [1.165, 1.54) is 0 Å². The van der Waals surface area contributed by atoms with Gasteiger partial charge in [-0.3, -0.25) is 4.99 Å². The van der Waals surface area contributed by atoms with Crippen LogP contribution in [0.4, 0.5) is 0 Å². The first-order valence-corrected chi connectivity index (χ1v) is 11.5. The maximum Gasteiger partial charge on any atom is 0.152 e. The molecule has 0 spiro atoms. The zero-order valence-electron chi connectivity index (χ0n) is 14.5. The molecule has 0 N–H and O–H groups in total. The van der Waals surface area contributed by atoms with E-state index in [2.05, 4.69) is 27.6 Å². The molecule has 5 nitrogen and oxygen atoms in total. The standard InChI is InChI=1S/C20H18IN3O2S/c21-17-8-6-15(7-9-17)20-16(12-22-18-10-11-27(25,26)14-18)13-24(23-20)19-4-2-1-3-5-19/h1-9,12-13,18H,10-11,14H2/t18-/m1/s1. The molecule has 7 heteroatoms. The number of para-hydroxylation sites is 1. The fraction of sp³-hybridized carbons (Fsp3) is 0.200. The molecule has 0 aliphatic carbocycles. The van der Waals surface area contributed by atoms with E-state index in [0.29, 0.717) is 6.42 Å². The molecule has 1 aliphatic heterocycles. The van der Waals surface area contributed by atoms with E-state index in [-0.39, 0.29) is 17.5 Å². The highest BCUT2D eigenvalue weighted by atomic mass is 127. The van der Waals surface area contributed by atoms with Crippen LogP contribution < -0.4 is 0 Å². The van der Waals surface area contributed by atoms with Crippen LogP contribution in [0.1, 0.15) is 12.0 Å². The van der Waals surface area contributed by atoms with E-state index in [4.69, 9.17) is 5.10 Å². The summed E-state index contributed by atoms with van der Waals surface area (Å²) in [5.41, 5.74) is 3.68.